The maximum atomic E-state index is 9.82. The first kappa shape index (κ1) is 16.9. The van der Waals surface area contributed by atoms with Crippen LogP contribution in [0.25, 0.3) is 0 Å². The Kier molecular flexibility index (Phi) is 7.87. The average Bonchev–Trinajstić information content (AvgIpc) is 2.62. The van der Waals surface area contributed by atoms with Gasteiger partial charge in [0.1, 0.15) is 6.10 Å². The van der Waals surface area contributed by atoms with Gasteiger partial charge in [0, 0.05) is 12.0 Å². The molecule has 5 nitrogen and oxygen atoms in total. The average molecular weight is 275 g/mol. The summed E-state index contributed by atoms with van der Waals surface area (Å²) in [6.07, 6.45) is 3.92. The Bertz CT molecular complexity index is 239. The lowest BCUT2D eigenvalue weighted by Crippen LogP contribution is -2.44. The Labute approximate surface area is 115 Å². The molecule has 0 aromatic carbocycles. The third kappa shape index (κ3) is 4.68. The zero-order valence-electron chi connectivity index (χ0n) is 11.8. The number of aliphatic hydroxyl groups excluding tert-OH is 4. The van der Waals surface area contributed by atoms with Gasteiger partial charge in [-0.2, -0.15) is 0 Å². The first-order chi connectivity index (χ1) is 9.13. The largest absolute Gasteiger partial charge is 0.396 e. The van der Waals surface area contributed by atoms with Gasteiger partial charge in [0.25, 0.3) is 0 Å². The second kappa shape index (κ2) is 8.87. The quantitative estimate of drug-likeness (QED) is 0.382. The van der Waals surface area contributed by atoms with Crippen LogP contribution in [0.5, 0.6) is 0 Å². The van der Waals surface area contributed by atoms with Crippen molar-refractivity contribution in [2.75, 3.05) is 13.2 Å². The van der Waals surface area contributed by atoms with E-state index in [1.54, 1.807) is 0 Å². The van der Waals surface area contributed by atoms with Crippen LogP contribution in [-0.4, -0.2) is 57.9 Å². The number of hydrogen-bond acceptors (Lipinski definition) is 5. The zero-order chi connectivity index (χ0) is 14.3. The van der Waals surface area contributed by atoms with Crippen molar-refractivity contribution in [3.8, 4) is 0 Å². The van der Waals surface area contributed by atoms with Crippen molar-refractivity contribution in [1.29, 1.82) is 0 Å². The molecule has 0 unspecified atom stereocenters. The molecule has 0 saturated heterocycles. The fourth-order valence-electron chi connectivity index (χ4n) is 2.80. The van der Waals surface area contributed by atoms with Crippen LogP contribution in [0.1, 0.15) is 45.4 Å². The molecule has 1 saturated carbocycles. The maximum absolute atomic E-state index is 9.82. The van der Waals surface area contributed by atoms with Crippen molar-refractivity contribution < 1.29 is 20.4 Å². The lowest BCUT2D eigenvalue weighted by atomic mass is 10.0. The molecule has 1 rings (SSSR count). The van der Waals surface area contributed by atoms with Crippen LogP contribution in [0.2, 0.25) is 0 Å². The highest BCUT2D eigenvalue weighted by atomic mass is 16.4. The number of aliphatic hydroxyl groups is 4. The van der Waals surface area contributed by atoms with E-state index in [1.165, 1.54) is 25.7 Å². The van der Waals surface area contributed by atoms with Crippen molar-refractivity contribution in [2.24, 2.45) is 5.92 Å². The Balaban J connectivity index is 2.20. The Morgan fingerprint density at radius 1 is 0.842 bits per heavy atom. The Morgan fingerprint density at radius 3 is 2.11 bits per heavy atom. The monoisotopic (exact) mass is 275 g/mol. The second-order valence-corrected chi connectivity index (χ2v) is 5.57. The van der Waals surface area contributed by atoms with Crippen molar-refractivity contribution in [3.63, 3.8) is 0 Å². The zero-order valence-corrected chi connectivity index (χ0v) is 11.8. The summed E-state index contributed by atoms with van der Waals surface area (Å²) in [4.78, 5) is 0. The minimum atomic E-state index is -1.17. The van der Waals surface area contributed by atoms with Crippen LogP contribution in [0.4, 0.5) is 0 Å². The van der Waals surface area contributed by atoms with Gasteiger partial charge >= 0.3 is 0 Å². The third-order valence-electron chi connectivity index (χ3n) is 4.09. The van der Waals surface area contributed by atoms with Crippen molar-refractivity contribution >= 4 is 0 Å². The normalized spacial score (nSPS) is 34.9. The van der Waals surface area contributed by atoms with Crippen LogP contribution in [0.3, 0.4) is 0 Å². The van der Waals surface area contributed by atoms with Gasteiger partial charge in [-0.05, 0) is 13.0 Å². The van der Waals surface area contributed by atoms with E-state index in [2.05, 4.69) is 12.2 Å². The summed E-state index contributed by atoms with van der Waals surface area (Å²) >= 11 is 0. The highest BCUT2D eigenvalue weighted by Crippen LogP contribution is 2.27. The fourth-order valence-corrected chi connectivity index (χ4v) is 2.80. The first-order valence-electron chi connectivity index (χ1n) is 7.52. The first-order valence-corrected chi connectivity index (χ1v) is 7.52. The van der Waals surface area contributed by atoms with Gasteiger partial charge in [-0.3, -0.25) is 0 Å². The molecule has 0 spiro atoms. The molecule has 0 bridgehead atoms. The van der Waals surface area contributed by atoms with Crippen molar-refractivity contribution in [2.45, 2.75) is 69.8 Å². The molecule has 19 heavy (non-hydrogen) atoms. The van der Waals surface area contributed by atoms with Gasteiger partial charge in [-0.25, -0.2) is 0 Å². The predicted molar refractivity (Wildman–Crippen MR) is 73.8 cm³/mol. The Hall–Kier alpha value is -0.200. The van der Waals surface area contributed by atoms with E-state index in [9.17, 15) is 20.4 Å². The van der Waals surface area contributed by atoms with Crippen LogP contribution in [0.15, 0.2) is 0 Å². The maximum Gasteiger partial charge on any atom is 0.108 e. The summed E-state index contributed by atoms with van der Waals surface area (Å²) < 4.78 is 0. The minimum Gasteiger partial charge on any atom is -0.396 e. The molecular weight excluding hydrogens is 246 g/mol. The minimum absolute atomic E-state index is 0.233. The van der Waals surface area contributed by atoms with E-state index in [0.717, 1.165) is 19.4 Å². The molecule has 0 amide bonds. The van der Waals surface area contributed by atoms with Gasteiger partial charge in [-0.1, -0.05) is 39.0 Å². The molecule has 5 heteroatoms. The molecule has 1 fully saturated rings. The van der Waals surface area contributed by atoms with E-state index in [4.69, 9.17) is 0 Å². The summed E-state index contributed by atoms with van der Waals surface area (Å²) in [7, 11) is 0. The number of hydrogen-bond donors (Lipinski definition) is 5. The van der Waals surface area contributed by atoms with Crippen LogP contribution >= 0.6 is 0 Å². The SMILES string of the molecule is CCCCCCCCN[C@H]1[C@H](O)[C@@H](O)[C@@H](O)[C@H]1CO. The van der Waals surface area contributed by atoms with Gasteiger partial charge in [-0.15, -0.1) is 0 Å². The predicted octanol–water partition coefficient (Wildman–Crippen LogP) is 0.00990. The fraction of sp³-hybridized carbons (Fsp3) is 1.00. The summed E-state index contributed by atoms with van der Waals surface area (Å²) in [5.41, 5.74) is 0. The van der Waals surface area contributed by atoms with Crippen LogP contribution in [-0.2, 0) is 0 Å². The smallest absolute Gasteiger partial charge is 0.108 e. The standard InChI is InChI=1S/C14H29NO4/c1-2-3-4-5-6-7-8-15-11-10(9-16)12(17)14(19)13(11)18/h10-19H,2-9H2,1H3/t10-,11+,12-,13-,14-/m0/s1. The number of nitrogens with one attached hydrogen (secondary N) is 1. The molecular formula is C14H29NO4. The van der Waals surface area contributed by atoms with E-state index in [1.807, 2.05) is 0 Å². The summed E-state index contributed by atoms with van der Waals surface area (Å²) in [6.45, 7) is 2.70. The lowest BCUT2D eigenvalue weighted by Gasteiger charge is -2.22. The van der Waals surface area contributed by atoms with E-state index in [0.29, 0.717) is 0 Å². The summed E-state index contributed by atoms with van der Waals surface area (Å²) in [6, 6.07) is -0.425. The topological polar surface area (TPSA) is 93.0 Å². The van der Waals surface area contributed by atoms with E-state index >= 15 is 0 Å². The highest BCUT2D eigenvalue weighted by molar-refractivity contribution is 5.01. The van der Waals surface area contributed by atoms with E-state index in [-0.39, 0.29) is 6.61 Å². The van der Waals surface area contributed by atoms with Crippen molar-refractivity contribution in [1.82, 2.24) is 5.32 Å². The van der Waals surface area contributed by atoms with Crippen molar-refractivity contribution in [3.05, 3.63) is 0 Å². The molecule has 1 aliphatic carbocycles. The van der Waals surface area contributed by atoms with Gasteiger partial charge < -0.3 is 25.7 Å². The molecule has 0 aromatic heterocycles. The highest BCUT2D eigenvalue weighted by Gasteiger charge is 2.47. The molecule has 5 atom stereocenters. The summed E-state index contributed by atoms with van der Waals surface area (Å²) in [5.74, 6) is -0.495. The number of unbranched alkanes of at least 4 members (excludes halogenated alkanes) is 5. The molecule has 0 aromatic rings. The molecule has 0 radical (unpaired) electrons. The molecule has 5 N–H and O–H groups in total. The second-order valence-electron chi connectivity index (χ2n) is 5.57. The molecule has 114 valence electrons. The molecule has 1 aliphatic rings. The van der Waals surface area contributed by atoms with Gasteiger partial charge in [0.05, 0.1) is 18.8 Å². The molecule has 0 aliphatic heterocycles. The van der Waals surface area contributed by atoms with Gasteiger partial charge in [0.2, 0.25) is 0 Å². The van der Waals surface area contributed by atoms with Crippen LogP contribution in [0, 0.1) is 5.92 Å². The Morgan fingerprint density at radius 2 is 1.47 bits per heavy atom. The third-order valence-corrected chi connectivity index (χ3v) is 4.09. The van der Waals surface area contributed by atoms with Crippen LogP contribution < -0.4 is 5.32 Å². The summed E-state index contributed by atoms with van der Waals surface area (Å²) in [5, 5.41) is 41.5. The number of rotatable bonds is 9. The lowest BCUT2D eigenvalue weighted by molar-refractivity contribution is -0.0311. The van der Waals surface area contributed by atoms with E-state index < -0.39 is 30.3 Å². The van der Waals surface area contributed by atoms with Gasteiger partial charge in [0.15, 0.2) is 0 Å². The molecule has 0 heterocycles.